The number of hydrogen-bond acceptors (Lipinski definition) is 3. The second-order valence-electron chi connectivity index (χ2n) is 7.75. The van der Waals surface area contributed by atoms with Crippen molar-refractivity contribution in [2.45, 2.75) is 40.8 Å². The predicted octanol–water partition coefficient (Wildman–Crippen LogP) is 7.69. The Labute approximate surface area is 224 Å². The molecule has 0 radical (unpaired) electrons. The van der Waals surface area contributed by atoms with Crippen LogP contribution in [0.25, 0.3) is 0 Å². The van der Waals surface area contributed by atoms with Gasteiger partial charge in [0.25, 0.3) is 5.60 Å². The average Bonchev–Trinajstić information content (AvgIpc) is 3.23. The fraction of sp³-hybridized carbons (Fsp3) is 0.333. The molecule has 2 aromatic rings. The monoisotopic (exact) mass is 688 g/mol. The van der Waals surface area contributed by atoms with E-state index in [1.165, 1.54) is 18.2 Å². The number of hydrogen-bond donors (Lipinski definition) is 1. The second kappa shape index (κ2) is 10.3. The first-order valence-electron chi connectivity index (χ1n) is 9.81. The molecule has 1 N–H and O–H groups in total. The van der Waals surface area contributed by atoms with Crippen molar-refractivity contribution in [1.82, 2.24) is 5.32 Å². The molecule has 3 rings (SSSR count). The van der Waals surface area contributed by atoms with Crippen LogP contribution in [-0.2, 0) is 34.1 Å². The minimum Gasteiger partial charge on any atom is -0.374 e. The molecule has 1 aliphatic rings. The van der Waals surface area contributed by atoms with Crippen LogP contribution in [0, 0.1) is 0 Å². The third kappa shape index (κ3) is 6.36. The molecule has 1 heterocycles. The van der Waals surface area contributed by atoms with Gasteiger partial charge in [-0.1, -0.05) is 60.7 Å². The normalized spacial score (nSPS) is 18.6. The van der Waals surface area contributed by atoms with E-state index in [0.717, 1.165) is 0 Å². The minimum atomic E-state index is -5.46. The number of carbonyl (C=O) groups excluding carboxylic acids is 1. The Morgan fingerprint density at radius 2 is 1.57 bits per heavy atom. The minimum absolute atomic E-state index is 0.00382. The summed E-state index contributed by atoms with van der Waals surface area (Å²) >= 11 is 12.1. The van der Waals surface area contributed by atoms with E-state index in [1.54, 1.807) is 0 Å². The van der Waals surface area contributed by atoms with Crippen LogP contribution in [0.15, 0.2) is 41.6 Å². The lowest BCUT2D eigenvalue weighted by Crippen LogP contribution is -2.43. The Morgan fingerprint density at radius 3 is 2.03 bits per heavy atom. The summed E-state index contributed by atoms with van der Waals surface area (Å²) in [6, 6.07) is 3.45. The van der Waals surface area contributed by atoms with E-state index in [2.05, 4.69) is 47.2 Å². The number of amides is 1. The number of nitrogens with zero attached hydrogens (tertiary/aromatic N) is 1. The average molecular weight is 691 g/mol. The number of halogens is 12. The zero-order valence-electron chi connectivity index (χ0n) is 17.8. The molecule has 0 saturated carbocycles. The Hall–Kier alpha value is -2.00. The van der Waals surface area contributed by atoms with Crippen LogP contribution in [0.5, 0.6) is 0 Å². The maximum atomic E-state index is 14.2. The molecule has 202 valence electrons. The smallest absolute Gasteiger partial charge is 0.374 e. The van der Waals surface area contributed by atoms with Crippen LogP contribution in [0.3, 0.4) is 0 Å². The highest BCUT2D eigenvalue weighted by Crippen LogP contribution is 2.51. The van der Waals surface area contributed by atoms with E-state index >= 15 is 0 Å². The Balaban J connectivity index is 2.00. The van der Waals surface area contributed by atoms with Gasteiger partial charge in [-0.2, -0.15) is 39.5 Å². The van der Waals surface area contributed by atoms with Gasteiger partial charge in [0.05, 0.1) is 16.8 Å². The predicted molar refractivity (Wildman–Crippen MR) is 121 cm³/mol. The summed E-state index contributed by atoms with van der Waals surface area (Å²) in [5.41, 5.74) is -8.96. The first kappa shape index (κ1) is 29.6. The van der Waals surface area contributed by atoms with Gasteiger partial charge < -0.3 is 10.2 Å². The summed E-state index contributed by atoms with van der Waals surface area (Å²) in [6.07, 6.45) is -17.4. The van der Waals surface area contributed by atoms with Crippen LogP contribution in [0.2, 0.25) is 5.02 Å². The number of nitrogens with one attached hydrogen (secondary N) is 1. The maximum absolute atomic E-state index is 14.2. The molecule has 16 heteroatoms. The molecular formula is C21H12Br2ClF9N2O2. The summed E-state index contributed by atoms with van der Waals surface area (Å²) in [6.45, 7) is -0.0500. The van der Waals surface area contributed by atoms with Crippen molar-refractivity contribution in [3.05, 3.63) is 69.2 Å². The van der Waals surface area contributed by atoms with Gasteiger partial charge in [0.1, 0.15) is 3.74 Å². The van der Waals surface area contributed by atoms with E-state index < -0.39 is 62.6 Å². The van der Waals surface area contributed by atoms with Crippen molar-refractivity contribution >= 4 is 55.1 Å². The number of carbonyl (C=O) groups is 1. The van der Waals surface area contributed by atoms with Crippen molar-refractivity contribution in [2.75, 3.05) is 0 Å². The fourth-order valence-corrected chi connectivity index (χ4v) is 3.95. The number of rotatable bonds is 5. The maximum Gasteiger partial charge on any atom is 0.435 e. The first-order valence-corrected chi connectivity index (χ1v) is 12.0. The summed E-state index contributed by atoms with van der Waals surface area (Å²) in [5.74, 6) is -0.442. The van der Waals surface area contributed by atoms with Crippen molar-refractivity contribution in [2.24, 2.45) is 5.16 Å². The molecule has 2 aromatic carbocycles. The van der Waals surface area contributed by atoms with Crippen molar-refractivity contribution in [3.8, 4) is 0 Å². The zero-order chi connectivity index (χ0) is 28.0. The molecule has 37 heavy (non-hydrogen) atoms. The molecule has 1 aliphatic heterocycles. The Bertz CT molecular complexity index is 1200. The van der Waals surface area contributed by atoms with E-state index in [0.29, 0.717) is 5.56 Å². The lowest BCUT2D eigenvalue weighted by Gasteiger charge is -2.30. The summed E-state index contributed by atoms with van der Waals surface area (Å²) in [7, 11) is 0. The third-order valence-corrected chi connectivity index (χ3v) is 6.46. The van der Waals surface area contributed by atoms with Crippen LogP contribution in [0.4, 0.5) is 39.5 Å². The SMILES string of the molecule is O=C(NCc1ccc(C2=NOC(c3cc(C(F)(F)F)cc(C(F)(F)F)c3)(C(F)(F)F)C2)cc1Cl)C(Br)Br. The summed E-state index contributed by atoms with van der Waals surface area (Å²) < 4.78 is 121. The molecule has 0 aliphatic carbocycles. The van der Waals surface area contributed by atoms with Crippen LogP contribution >= 0.6 is 43.5 Å². The summed E-state index contributed by atoms with van der Waals surface area (Å²) in [5, 5.41) is 5.86. The van der Waals surface area contributed by atoms with E-state index in [4.69, 9.17) is 11.6 Å². The number of benzene rings is 2. The largest absolute Gasteiger partial charge is 0.435 e. The summed E-state index contributed by atoms with van der Waals surface area (Å²) in [4.78, 5) is 16.2. The lowest BCUT2D eigenvalue weighted by atomic mass is 9.84. The van der Waals surface area contributed by atoms with Crippen molar-refractivity contribution in [1.29, 1.82) is 0 Å². The van der Waals surface area contributed by atoms with Gasteiger partial charge >= 0.3 is 18.5 Å². The fourth-order valence-electron chi connectivity index (χ4n) is 3.38. The highest BCUT2D eigenvalue weighted by molar-refractivity contribution is 9.25. The molecule has 4 nitrogen and oxygen atoms in total. The molecule has 0 fully saturated rings. The molecule has 0 saturated heterocycles. The third-order valence-electron chi connectivity index (χ3n) is 5.28. The van der Waals surface area contributed by atoms with E-state index in [-0.39, 0.29) is 35.3 Å². The van der Waals surface area contributed by atoms with Crippen LogP contribution in [-0.4, -0.2) is 21.5 Å². The van der Waals surface area contributed by atoms with E-state index in [9.17, 15) is 44.3 Å². The molecule has 0 spiro atoms. The van der Waals surface area contributed by atoms with Crippen LogP contribution < -0.4 is 5.32 Å². The van der Waals surface area contributed by atoms with Gasteiger partial charge in [0, 0.05) is 29.1 Å². The van der Waals surface area contributed by atoms with Gasteiger partial charge in [0.2, 0.25) is 5.91 Å². The second-order valence-corrected chi connectivity index (χ2v) is 11.2. The topological polar surface area (TPSA) is 50.7 Å². The molecule has 0 bridgehead atoms. The molecule has 0 aromatic heterocycles. The van der Waals surface area contributed by atoms with Gasteiger partial charge in [0.15, 0.2) is 0 Å². The molecular weight excluding hydrogens is 678 g/mol. The number of oxime groups is 1. The van der Waals surface area contributed by atoms with Crippen molar-refractivity contribution in [3.63, 3.8) is 0 Å². The quantitative estimate of drug-likeness (QED) is 0.259. The Kier molecular flexibility index (Phi) is 8.22. The zero-order valence-corrected chi connectivity index (χ0v) is 21.7. The highest BCUT2D eigenvalue weighted by atomic mass is 79.9. The van der Waals surface area contributed by atoms with Gasteiger partial charge in [-0.15, -0.1) is 0 Å². The van der Waals surface area contributed by atoms with Crippen molar-refractivity contribution < 1.29 is 49.1 Å². The van der Waals surface area contributed by atoms with Gasteiger partial charge in [-0.3, -0.25) is 4.79 Å². The first-order chi connectivity index (χ1) is 16.8. The number of alkyl halides is 11. The standard InChI is InChI=1S/C21H12Br2ClF9N2O2/c22-16(23)17(36)34-8-10-2-1-9(3-14(10)24)15-7-18(37-35-15,21(31,32)33)11-4-12(19(25,26)27)6-13(5-11)20(28,29)30/h1-6,16H,7-8H2,(H,34,36). The Morgan fingerprint density at radius 1 is 1.00 bits per heavy atom. The van der Waals surface area contributed by atoms with Crippen LogP contribution in [0.1, 0.15) is 34.2 Å². The molecule has 1 amide bonds. The molecule has 1 atom stereocenters. The highest BCUT2D eigenvalue weighted by Gasteiger charge is 2.63. The lowest BCUT2D eigenvalue weighted by molar-refractivity contribution is -0.276. The van der Waals surface area contributed by atoms with Gasteiger partial charge in [-0.05, 0) is 29.8 Å². The van der Waals surface area contributed by atoms with Gasteiger partial charge in [-0.25, -0.2) is 0 Å². The molecule has 1 unspecified atom stereocenters. The van der Waals surface area contributed by atoms with E-state index in [1.807, 2.05) is 0 Å².